The van der Waals surface area contributed by atoms with Crippen LogP contribution in [0.4, 0.5) is 4.70 Å². The molecule has 0 aliphatic heterocycles. The van der Waals surface area contributed by atoms with Crippen molar-refractivity contribution in [2.45, 2.75) is 45.1 Å². The molecular formula is C98H86Br2ClCuFIK3N8O5P. The van der Waals surface area contributed by atoms with Gasteiger partial charge in [-0.05, 0) is 124 Å². The number of nitrogen functional groups attached to an aromatic ring is 1. The number of carbonyl (C=O) groups excluding carboxylic acids is 1. The summed E-state index contributed by atoms with van der Waals surface area (Å²) in [5.74, 6) is 2.39. The number of carbonyl (C=O) groups is 1. The Bertz CT molecular complexity index is 5670. The van der Waals surface area contributed by atoms with Crippen molar-refractivity contribution in [2.24, 2.45) is 17.4 Å². The van der Waals surface area contributed by atoms with Gasteiger partial charge in [0.25, 0.3) is 0 Å². The van der Waals surface area contributed by atoms with Gasteiger partial charge in [-0.3, -0.25) is 14.9 Å². The van der Waals surface area contributed by atoms with E-state index in [0.717, 1.165) is 106 Å². The summed E-state index contributed by atoms with van der Waals surface area (Å²) < 4.78 is 15.7. The van der Waals surface area contributed by atoms with Gasteiger partial charge in [-0.15, -0.1) is 12.4 Å². The molecule has 1 saturated carbocycles. The van der Waals surface area contributed by atoms with E-state index in [1.165, 1.54) is 133 Å². The summed E-state index contributed by atoms with van der Waals surface area (Å²) in [5, 5.41) is 18.1. The van der Waals surface area contributed by atoms with E-state index in [4.69, 9.17) is 51.5 Å². The fourth-order valence-corrected chi connectivity index (χ4v) is 13.8. The quantitative estimate of drug-likeness (QED) is 0.0120. The molecule has 0 amide bonds. The van der Waals surface area contributed by atoms with Gasteiger partial charge in [0.15, 0.2) is 17.4 Å². The molecule has 2 aliphatic carbocycles. The van der Waals surface area contributed by atoms with Gasteiger partial charge in [0.1, 0.15) is 5.84 Å². The smallest absolute Gasteiger partial charge is 0.160 e. The molecule has 23 heteroatoms. The van der Waals surface area contributed by atoms with E-state index in [2.05, 4.69) is 237 Å². The van der Waals surface area contributed by atoms with Crippen LogP contribution in [0.3, 0.4) is 0 Å². The number of aromatic nitrogens is 5. The summed E-state index contributed by atoms with van der Waals surface area (Å²) >= 11 is 15.2. The fraction of sp³-hybridized carbons (Fsp3) is 0.0816. The van der Waals surface area contributed by atoms with Crippen molar-refractivity contribution in [1.29, 1.82) is 5.41 Å². The fourth-order valence-electron chi connectivity index (χ4n) is 13.2. The molecular weight excluding hydrogens is 1920 g/mol. The monoisotopic (exact) mass is 2000 g/mol. The average molecular weight is 2010 g/mol. The Morgan fingerprint density at radius 3 is 1.19 bits per heavy atom. The average Bonchev–Trinajstić information content (AvgIpc) is 1.60. The molecule has 2 aliphatic rings. The first-order chi connectivity index (χ1) is 57.7. The Labute approximate surface area is 840 Å². The summed E-state index contributed by atoms with van der Waals surface area (Å²) in [6.07, 6.45) is 9.87. The van der Waals surface area contributed by atoms with Crippen molar-refractivity contribution in [3.8, 4) is 84.6 Å². The van der Waals surface area contributed by atoms with Crippen molar-refractivity contribution >= 4 is 176 Å². The summed E-state index contributed by atoms with van der Waals surface area (Å²) in [6.45, 7) is 2.25. The summed E-state index contributed by atoms with van der Waals surface area (Å²) in [7, 11) is -3.15. The van der Waals surface area contributed by atoms with E-state index >= 15 is 0 Å². The van der Waals surface area contributed by atoms with Crippen LogP contribution in [0.2, 0.25) is 0 Å². The van der Waals surface area contributed by atoms with Crippen LogP contribution in [0.25, 0.3) is 113 Å². The number of benzene rings is 13. The number of para-hydroxylation sites is 2. The third-order valence-corrected chi connectivity index (χ3v) is 20.4. The molecule has 1 fully saturated rings. The minimum Gasteiger partial charge on any atom is -0.309 e. The van der Waals surface area contributed by atoms with Crippen molar-refractivity contribution < 1.29 is 94.5 Å². The molecule has 602 valence electrons. The molecule has 3 aromatic heterocycles. The van der Waals surface area contributed by atoms with E-state index in [1.54, 1.807) is 26.4 Å². The van der Waals surface area contributed by atoms with Gasteiger partial charge < -0.3 is 26.2 Å². The maximum atomic E-state index is 11.8. The van der Waals surface area contributed by atoms with Gasteiger partial charge in [0.2, 0.25) is 0 Å². The number of ketones is 1. The van der Waals surface area contributed by atoms with E-state index in [-0.39, 0.29) is 81.5 Å². The summed E-state index contributed by atoms with van der Waals surface area (Å²) in [6, 6.07) is 123. The topological polar surface area (TPSA) is 222 Å². The molecule has 3 heterocycles. The Balaban J connectivity index is 0.000000237. The van der Waals surface area contributed by atoms with Crippen LogP contribution in [0, 0.1) is 11.3 Å². The largest absolute Gasteiger partial charge is 0.309 e. The molecule has 18 rings (SSSR count). The van der Waals surface area contributed by atoms with Crippen LogP contribution in [-0.4, -0.2) is 105 Å². The molecule has 13 aromatic carbocycles. The number of nitrogens with zero attached hydrogens (tertiary/aromatic N) is 5. The van der Waals surface area contributed by atoms with E-state index in [1.807, 2.05) is 194 Å². The number of hydrogen-bond acceptors (Lipinski definition) is 11. The van der Waals surface area contributed by atoms with Gasteiger partial charge in [-0.2, -0.15) is 0 Å². The van der Waals surface area contributed by atoms with Gasteiger partial charge in [-0.1, -0.05) is 361 Å². The first kappa shape index (κ1) is 102. The van der Waals surface area contributed by atoms with Crippen LogP contribution in [-0.2, 0) is 28.4 Å². The van der Waals surface area contributed by atoms with Gasteiger partial charge in [0.05, 0.1) is 33.8 Å². The van der Waals surface area contributed by atoms with Crippen LogP contribution >= 0.6 is 72.9 Å². The third kappa shape index (κ3) is 31.2. The maximum absolute atomic E-state index is 11.8. The molecule has 1 unspecified atom stereocenters. The predicted octanol–water partition coefficient (Wildman–Crippen LogP) is 21.2. The van der Waals surface area contributed by atoms with E-state index in [0.29, 0.717) is 11.6 Å². The Kier molecular flexibility index (Phi) is 46.8. The van der Waals surface area contributed by atoms with Crippen LogP contribution in [0.1, 0.15) is 66.6 Å². The molecule has 0 bridgehead atoms. The number of halogens is 5. The van der Waals surface area contributed by atoms with Crippen LogP contribution in [0.5, 0.6) is 0 Å². The zero-order valence-electron chi connectivity index (χ0n) is 67.1. The van der Waals surface area contributed by atoms with E-state index < -0.39 is 8.25 Å². The second kappa shape index (κ2) is 55.4. The molecule has 0 radical (unpaired) electrons. The summed E-state index contributed by atoms with van der Waals surface area (Å²) in [4.78, 5) is 40.1. The van der Waals surface area contributed by atoms with Crippen molar-refractivity contribution in [1.82, 2.24) is 24.5 Å². The molecule has 0 spiro atoms. The number of hydrogen-bond donors (Lipinski definition) is 3. The van der Waals surface area contributed by atoms with Crippen LogP contribution < -0.4 is 73.0 Å². The molecule has 0 saturated heterocycles. The molecule has 16 aromatic rings. The van der Waals surface area contributed by atoms with Crippen molar-refractivity contribution in [3.05, 3.63) is 407 Å². The predicted molar refractivity (Wildman–Crippen MR) is 507 cm³/mol. The van der Waals surface area contributed by atoms with Crippen LogP contribution in [0.15, 0.2) is 379 Å². The minimum absolute atomic E-state index is 0. The Hall–Kier alpha value is -6.02. The van der Waals surface area contributed by atoms with Gasteiger partial charge in [0, 0.05) is 77.4 Å². The van der Waals surface area contributed by atoms with E-state index in [9.17, 15) is 4.79 Å². The maximum Gasteiger partial charge on any atom is 0.160 e. The molecule has 13 nitrogen and oxygen atoms in total. The van der Waals surface area contributed by atoms with Gasteiger partial charge >= 0.3 is 156 Å². The number of allylic oxidation sites excluding steroid dienone is 1. The zero-order valence-corrected chi connectivity index (χ0v) is 84.5. The number of nitrogens with two attached hydrogens (primary N) is 2. The number of rotatable bonds is 12. The number of nitrogens with one attached hydrogen (secondary N) is 1. The molecule has 3 atom stereocenters. The SMILES string of the molecule is Brc1ccc(-c2cc(-c3ccccc3)nc(-c3ccccc3)n2)cc1.C[C@@H]1CCCC[C@H]1N.Cl.F.N=C(N)c1ccccc1.O=C(/C=C/c1ccc(Br)cc1)c1ccccc1.O=[P+]([O-])O[O-].[Cu][I].[HH].[K+].[K][K].c1ccc(-c2cc(-c3ccc(-n4c5ccccc5c5ccccc54)cc3)nc(-c3ccccc3)n2)cc1.c1ccc2c(c1)Cc1ccccc1-2. The zero-order chi connectivity index (χ0) is 83.4. The Morgan fingerprint density at radius 1 is 0.504 bits per heavy atom. The third-order valence-electron chi connectivity index (χ3n) is 19.2. The molecule has 5 N–H and O–H groups in total. The number of amidine groups is 1. The van der Waals surface area contributed by atoms with Gasteiger partial charge in [-0.25, -0.2) is 24.6 Å². The summed E-state index contributed by atoms with van der Waals surface area (Å²) in [5.41, 5.74) is 32.7. The Morgan fingerprint density at radius 2 is 0.826 bits per heavy atom. The normalized spacial score (nSPS) is 12.3. The second-order valence-electron chi connectivity index (χ2n) is 26.9. The van der Waals surface area contributed by atoms with Crippen molar-refractivity contribution in [3.63, 3.8) is 0 Å². The molecule has 121 heavy (non-hydrogen) atoms. The second-order valence-corrected chi connectivity index (χ2v) is 29.3. The number of fused-ring (bicyclic) bond motifs is 6. The van der Waals surface area contributed by atoms with Crippen molar-refractivity contribution in [2.75, 3.05) is 0 Å². The first-order valence-corrected chi connectivity index (χ1v) is 60.2. The minimum atomic E-state index is -3.15. The standard InChI is InChI=1S/C34H23N3.C22H15BrN2.C15H11BrO.C13H10.C7H8N2.C7H15N.ClH.Cu.FH.HI.3K.HO4P.H2/c1-3-11-24(12-4-1)30-23-31(36-34(35-30)26-13-5-2-6-14-26)25-19-21-27(22-20-25)37-32-17-9-7-15-28(32)29-16-8-10-18-33(29)37;23-19-13-11-17(12-14-19)21-15-20(16-7-3-1-4-8-16)24-22(25-21)18-9-5-2-6-10-18;16-14-9-6-12(7-10-14)8-11-15(17)13-4-2-1-3-5-13;1-3-7-12-10(5-1)9-11-6-2-4-8-13(11)12;8-7(9)6-4-2-1-3-5-6;1-6-4-2-3-5-7(6)8;;;;;;;;1-4-5(2)3;/h1-23H;1-15H;1-11H;1-8H,9H2;1-5H,(H3,8,9);6-7H,2-5,8H2,1H3;1H;;2*1H;;;;1H;1H/q;;;;;;;+1;;;;;+1;;/p-2/b;;11-8+;;;;;;;;;;;;/t;;;;;6-,7-;;;;;;;;;/m.....1........./s1. The first-order valence-electron chi connectivity index (χ1n) is 38.5.